The molecular formula is C19H21N3O4S. The zero-order chi connectivity index (χ0) is 19.4. The number of benzene rings is 2. The van der Waals surface area contributed by atoms with Crippen molar-refractivity contribution >= 4 is 27.5 Å². The monoisotopic (exact) mass is 387 g/mol. The lowest BCUT2D eigenvalue weighted by atomic mass is 10.1. The number of sulfonamides is 1. The summed E-state index contributed by atoms with van der Waals surface area (Å²) in [4.78, 5) is 23.2. The van der Waals surface area contributed by atoms with Crippen LogP contribution in [-0.2, 0) is 26.0 Å². The van der Waals surface area contributed by atoms with Crippen molar-refractivity contribution in [2.24, 2.45) is 0 Å². The van der Waals surface area contributed by atoms with Crippen molar-refractivity contribution in [2.45, 2.75) is 30.7 Å². The molecule has 0 bridgehead atoms. The maximum Gasteiger partial charge on any atom is 0.241 e. The molecule has 8 heteroatoms. The summed E-state index contributed by atoms with van der Waals surface area (Å²) in [6.07, 6.45) is 1.70. The van der Waals surface area contributed by atoms with Crippen LogP contribution in [0.5, 0.6) is 0 Å². The largest absolute Gasteiger partial charge is 0.348 e. The van der Waals surface area contributed by atoms with E-state index in [1.54, 1.807) is 0 Å². The molecule has 0 aliphatic heterocycles. The summed E-state index contributed by atoms with van der Waals surface area (Å²) in [5.41, 5.74) is 2.80. The molecule has 0 saturated heterocycles. The average Bonchev–Trinajstić information content (AvgIpc) is 3.03. The van der Waals surface area contributed by atoms with E-state index in [9.17, 15) is 18.0 Å². The molecule has 0 unspecified atom stereocenters. The smallest absolute Gasteiger partial charge is 0.241 e. The van der Waals surface area contributed by atoms with Gasteiger partial charge in [0.15, 0.2) is 0 Å². The first-order valence-electron chi connectivity index (χ1n) is 8.59. The number of hydrogen-bond acceptors (Lipinski definition) is 4. The van der Waals surface area contributed by atoms with Crippen LogP contribution in [0.1, 0.15) is 30.5 Å². The molecule has 3 rings (SSSR count). The van der Waals surface area contributed by atoms with Gasteiger partial charge in [0.25, 0.3) is 0 Å². The quantitative estimate of drug-likeness (QED) is 0.702. The van der Waals surface area contributed by atoms with Gasteiger partial charge in [0, 0.05) is 12.6 Å². The number of carbonyl (C=O) groups excluding carboxylic acids is 2. The predicted molar refractivity (Wildman–Crippen MR) is 102 cm³/mol. The van der Waals surface area contributed by atoms with Crippen molar-refractivity contribution in [1.82, 2.24) is 10.0 Å². The third-order valence-electron chi connectivity index (χ3n) is 4.38. The van der Waals surface area contributed by atoms with E-state index < -0.39 is 10.0 Å². The minimum atomic E-state index is -3.82. The maximum absolute atomic E-state index is 12.3. The van der Waals surface area contributed by atoms with E-state index in [1.165, 1.54) is 36.8 Å². The Hall–Kier alpha value is -2.71. The maximum atomic E-state index is 12.3. The second kappa shape index (κ2) is 7.89. The van der Waals surface area contributed by atoms with Crippen LogP contribution >= 0.6 is 0 Å². The number of hydrogen-bond donors (Lipinski definition) is 3. The highest BCUT2D eigenvalue weighted by Crippen LogP contribution is 2.30. The van der Waals surface area contributed by atoms with Crippen molar-refractivity contribution in [1.29, 1.82) is 0 Å². The average molecular weight is 387 g/mol. The van der Waals surface area contributed by atoms with Crippen LogP contribution in [0.15, 0.2) is 53.4 Å². The summed E-state index contributed by atoms with van der Waals surface area (Å²) in [7, 11) is -3.82. The van der Waals surface area contributed by atoms with E-state index in [-0.39, 0.29) is 29.3 Å². The van der Waals surface area contributed by atoms with E-state index in [0.29, 0.717) is 5.69 Å². The second-order valence-corrected chi connectivity index (χ2v) is 8.15. The summed E-state index contributed by atoms with van der Waals surface area (Å²) in [5.74, 6) is -0.621. The normalized spacial score (nSPS) is 15.8. The van der Waals surface area contributed by atoms with Gasteiger partial charge < -0.3 is 10.6 Å². The molecule has 0 fully saturated rings. The lowest BCUT2D eigenvalue weighted by molar-refractivity contribution is -0.120. The highest BCUT2D eigenvalue weighted by molar-refractivity contribution is 7.89. The molecule has 2 amide bonds. The standard InChI is InChI=1S/C19H21N3O4S/c1-13(23)21-15-7-9-16(10-8-15)27(25,26)20-12-19(24)22-18-11-6-14-4-2-3-5-17(14)18/h2-5,7-10,18,20H,6,11-12H2,1H3,(H,21,23)(H,22,24)/t18-/m0/s1. The number of aryl methyl sites for hydroxylation is 1. The Kier molecular flexibility index (Phi) is 5.57. The fourth-order valence-corrected chi connectivity index (χ4v) is 4.10. The topological polar surface area (TPSA) is 104 Å². The number of rotatable bonds is 6. The molecular weight excluding hydrogens is 366 g/mol. The van der Waals surface area contributed by atoms with Crippen LogP contribution in [0.2, 0.25) is 0 Å². The summed E-state index contributed by atoms with van der Waals surface area (Å²) < 4.78 is 27.0. The number of anilines is 1. The van der Waals surface area contributed by atoms with Crippen molar-refractivity contribution in [2.75, 3.05) is 11.9 Å². The Labute approximate surface area is 158 Å². The van der Waals surface area contributed by atoms with E-state index in [4.69, 9.17) is 0 Å². The first-order chi connectivity index (χ1) is 12.8. The van der Waals surface area contributed by atoms with Crippen LogP contribution in [0.3, 0.4) is 0 Å². The van der Waals surface area contributed by atoms with Gasteiger partial charge in [-0.25, -0.2) is 13.1 Å². The lowest BCUT2D eigenvalue weighted by Gasteiger charge is -2.14. The molecule has 142 valence electrons. The van der Waals surface area contributed by atoms with Gasteiger partial charge in [-0.05, 0) is 48.2 Å². The van der Waals surface area contributed by atoms with Crippen LogP contribution < -0.4 is 15.4 Å². The molecule has 2 aromatic rings. The molecule has 27 heavy (non-hydrogen) atoms. The summed E-state index contributed by atoms with van der Waals surface area (Å²) in [6.45, 7) is 1.03. The number of nitrogens with one attached hydrogen (secondary N) is 3. The highest BCUT2D eigenvalue weighted by atomic mass is 32.2. The Morgan fingerprint density at radius 1 is 1.07 bits per heavy atom. The summed E-state index contributed by atoms with van der Waals surface area (Å²) in [5, 5.41) is 5.44. The first-order valence-corrected chi connectivity index (χ1v) is 10.1. The van der Waals surface area contributed by atoms with Gasteiger partial charge in [-0.15, -0.1) is 0 Å². The van der Waals surface area contributed by atoms with Gasteiger partial charge in [-0.3, -0.25) is 9.59 Å². The molecule has 2 aromatic carbocycles. The minimum absolute atomic E-state index is 0.0237. The Bertz CT molecular complexity index is 955. The van der Waals surface area contributed by atoms with Gasteiger partial charge in [0.05, 0.1) is 17.5 Å². The zero-order valence-electron chi connectivity index (χ0n) is 14.9. The molecule has 1 atom stereocenters. The molecule has 0 spiro atoms. The van der Waals surface area contributed by atoms with Gasteiger partial charge >= 0.3 is 0 Å². The first kappa shape index (κ1) is 19.1. The molecule has 1 aliphatic rings. The number of fused-ring (bicyclic) bond motifs is 1. The molecule has 0 heterocycles. The Balaban J connectivity index is 1.57. The minimum Gasteiger partial charge on any atom is -0.348 e. The van der Waals surface area contributed by atoms with Crippen LogP contribution in [-0.4, -0.2) is 26.8 Å². The Morgan fingerprint density at radius 2 is 1.78 bits per heavy atom. The predicted octanol–water partition coefficient (Wildman–Crippen LogP) is 1.73. The molecule has 0 radical (unpaired) electrons. The highest BCUT2D eigenvalue weighted by Gasteiger charge is 2.24. The summed E-state index contributed by atoms with van der Waals surface area (Å²) in [6, 6.07) is 13.6. The fraction of sp³-hybridized carbons (Fsp3) is 0.263. The van der Waals surface area contributed by atoms with Gasteiger partial charge in [0.2, 0.25) is 21.8 Å². The Morgan fingerprint density at radius 3 is 2.48 bits per heavy atom. The SMILES string of the molecule is CC(=O)Nc1ccc(S(=O)(=O)NCC(=O)N[C@H]2CCc3ccccc32)cc1. The van der Waals surface area contributed by atoms with Crippen molar-refractivity contribution < 1.29 is 18.0 Å². The van der Waals surface area contributed by atoms with E-state index in [1.807, 2.05) is 24.3 Å². The fourth-order valence-electron chi connectivity index (χ4n) is 3.12. The van der Waals surface area contributed by atoms with Crippen LogP contribution in [0, 0.1) is 0 Å². The third-order valence-corrected chi connectivity index (χ3v) is 5.79. The number of amides is 2. The summed E-state index contributed by atoms with van der Waals surface area (Å²) >= 11 is 0. The van der Waals surface area contributed by atoms with Gasteiger partial charge in [-0.2, -0.15) is 0 Å². The molecule has 0 aromatic heterocycles. The molecule has 0 saturated carbocycles. The van der Waals surface area contributed by atoms with E-state index in [0.717, 1.165) is 18.4 Å². The molecule has 7 nitrogen and oxygen atoms in total. The third kappa shape index (κ3) is 4.72. The van der Waals surface area contributed by atoms with E-state index >= 15 is 0 Å². The molecule has 3 N–H and O–H groups in total. The van der Waals surface area contributed by atoms with Crippen molar-refractivity contribution in [3.63, 3.8) is 0 Å². The second-order valence-electron chi connectivity index (χ2n) is 6.39. The lowest BCUT2D eigenvalue weighted by Crippen LogP contribution is -2.38. The van der Waals surface area contributed by atoms with Crippen LogP contribution in [0.4, 0.5) is 5.69 Å². The van der Waals surface area contributed by atoms with Crippen LogP contribution in [0.25, 0.3) is 0 Å². The van der Waals surface area contributed by atoms with E-state index in [2.05, 4.69) is 15.4 Å². The van der Waals surface area contributed by atoms with Gasteiger partial charge in [0.1, 0.15) is 0 Å². The van der Waals surface area contributed by atoms with Crippen molar-refractivity contribution in [3.8, 4) is 0 Å². The van der Waals surface area contributed by atoms with Crippen molar-refractivity contribution in [3.05, 3.63) is 59.7 Å². The zero-order valence-corrected chi connectivity index (χ0v) is 15.7. The number of carbonyl (C=O) groups is 2. The van der Waals surface area contributed by atoms with Gasteiger partial charge in [-0.1, -0.05) is 24.3 Å². The molecule has 1 aliphatic carbocycles.